The molecule has 0 radical (unpaired) electrons. The average Bonchev–Trinajstić information content (AvgIpc) is 3.21. The van der Waals surface area contributed by atoms with Gasteiger partial charge in [0.1, 0.15) is 5.75 Å². The summed E-state index contributed by atoms with van der Waals surface area (Å²) >= 11 is 0. The van der Waals surface area contributed by atoms with E-state index in [2.05, 4.69) is 32.8 Å². The number of carbonyl (C=O) groups excluding carboxylic acids is 1. The summed E-state index contributed by atoms with van der Waals surface area (Å²) in [6.45, 7) is 0. The molecule has 0 saturated carbocycles. The number of methoxy groups -OCH3 is 1. The molecule has 4 rings (SSSR count). The number of ether oxygens (including phenoxy) is 1. The predicted octanol–water partition coefficient (Wildman–Crippen LogP) is 3.63. The van der Waals surface area contributed by atoms with Crippen LogP contribution in [0.2, 0.25) is 0 Å². The van der Waals surface area contributed by atoms with Gasteiger partial charge in [-0.15, -0.1) is 5.10 Å². The van der Waals surface area contributed by atoms with Crippen LogP contribution in [0.15, 0.2) is 54.6 Å². The van der Waals surface area contributed by atoms with Crippen LogP contribution < -0.4 is 15.4 Å². The summed E-state index contributed by atoms with van der Waals surface area (Å²) in [5, 5.41) is 19.4. The molecule has 0 spiro atoms. The lowest BCUT2D eigenvalue weighted by Crippen LogP contribution is -2.28. The van der Waals surface area contributed by atoms with E-state index >= 15 is 0 Å². The van der Waals surface area contributed by atoms with Crippen molar-refractivity contribution >= 4 is 23.8 Å². The molecular weight excluding hydrogens is 410 g/mol. The summed E-state index contributed by atoms with van der Waals surface area (Å²) in [6.07, 6.45) is 1.06. The first kappa shape index (κ1) is 21.4. The van der Waals surface area contributed by atoms with Crippen molar-refractivity contribution in [2.75, 3.05) is 17.7 Å². The van der Waals surface area contributed by atoms with Crippen LogP contribution in [0.4, 0.5) is 11.9 Å². The number of fused-ring (bicyclic) bond motifs is 1. The highest BCUT2D eigenvalue weighted by molar-refractivity contribution is 5.89. The number of amides is 1. The van der Waals surface area contributed by atoms with E-state index in [9.17, 15) is 9.59 Å². The van der Waals surface area contributed by atoms with Gasteiger partial charge in [0.15, 0.2) is 0 Å². The first-order valence-corrected chi connectivity index (χ1v) is 10.5. The Morgan fingerprint density at radius 3 is 2.56 bits per heavy atom. The van der Waals surface area contributed by atoms with Gasteiger partial charge < -0.3 is 15.2 Å². The van der Waals surface area contributed by atoms with Gasteiger partial charge in [0, 0.05) is 12.8 Å². The van der Waals surface area contributed by atoms with E-state index in [1.54, 1.807) is 11.8 Å². The monoisotopic (exact) mass is 435 g/mol. The third-order valence-electron chi connectivity index (χ3n) is 5.44. The van der Waals surface area contributed by atoms with Crippen molar-refractivity contribution in [1.82, 2.24) is 14.8 Å². The molecule has 2 unspecified atom stereocenters. The molecule has 0 aliphatic carbocycles. The molecule has 9 heteroatoms. The molecule has 2 heterocycles. The standard InChI is InChI=1S/C23H25N5O4/c1-32-17-12-10-15(11-13-17)18-14-19(16-6-3-2-4-7-16)28-23(24-18)26-22(27-28)25-20(29)8-5-9-21(30)31/h2-4,6-7,10-13,18-19H,5,8-9,14H2,1H3,(H,30,31)(H2,24,25,26,27,29). The Morgan fingerprint density at radius 1 is 1.12 bits per heavy atom. The molecule has 1 aliphatic rings. The Balaban J connectivity index is 1.57. The molecule has 3 aromatic rings. The lowest BCUT2D eigenvalue weighted by atomic mass is 9.93. The Labute approximate surface area is 185 Å². The maximum Gasteiger partial charge on any atom is 0.303 e. The van der Waals surface area contributed by atoms with Crippen molar-refractivity contribution < 1.29 is 19.4 Å². The van der Waals surface area contributed by atoms with E-state index in [4.69, 9.17) is 9.84 Å². The van der Waals surface area contributed by atoms with Gasteiger partial charge in [0.25, 0.3) is 5.95 Å². The number of anilines is 2. The largest absolute Gasteiger partial charge is 0.497 e. The minimum absolute atomic E-state index is 0.00179. The van der Waals surface area contributed by atoms with Gasteiger partial charge in [-0.3, -0.25) is 14.9 Å². The van der Waals surface area contributed by atoms with E-state index in [-0.39, 0.29) is 43.2 Å². The number of aliphatic carboxylic acids is 1. The SMILES string of the molecule is COc1ccc(C2CC(c3ccccc3)n3nc(NC(=O)CCCC(=O)O)nc3N2)cc1. The quantitative estimate of drug-likeness (QED) is 0.494. The van der Waals surface area contributed by atoms with E-state index in [1.165, 1.54) is 0 Å². The Hall–Kier alpha value is -3.88. The second-order valence-electron chi connectivity index (χ2n) is 7.63. The summed E-state index contributed by atoms with van der Waals surface area (Å²) in [7, 11) is 1.64. The number of rotatable bonds is 8. The smallest absolute Gasteiger partial charge is 0.303 e. The van der Waals surface area contributed by atoms with E-state index < -0.39 is 5.97 Å². The normalized spacial score (nSPS) is 17.2. The average molecular weight is 435 g/mol. The molecule has 9 nitrogen and oxygen atoms in total. The zero-order valence-electron chi connectivity index (χ0n) is 17.7. The molecule has 2 aromatic carbocycles. The fraction of sp³-hybridized carbons (Fsp3) is 0.304. The van der Waals surface area contributed by atoms with Crippen molar-refractivity contribution in [2.45, 2.75) is 37.8 Å². The summed E-state index contributed by atoms with van der Waals surface area (Å²) < 4.78 is 7.06. The topological polar surface area (TPSA) is 118 Å². The number of carboxylic acid groups (broad SMARTS) is 1. The number of nitrogens with zero attached hydrogens (tertiary/aromatic N) is 3. The van der Waals surface area contributed by atoms with Gasteiger partial charge in [-0.25, -0.2) is 4.68 Å². The highest BCUT2D eigenvalue weighted by Gasteiger charge is 2.31. The minimum Gasteiger partial charge on any atom is -0.497 e. The van der Waals surface area contributed by atoms with Crippen molar-refractivity contribution in [2.24, 2.45) is 0 Å². The van der Waals surface area contributed by atoms with Crippen LogP contribution in [0.5, 0.6) is 5.75 Å². The second-order valence-corrected chi connectivity index (χ2v) is 7.63. The molecule has 0 bridgehead atoms. The summed E-state index contributed by atoms with van der Waals surface area (Å²) in [6, 6.07) is 17.9. The van der Waals surface area contributed by atoms with E-state index in [0.717, 1.165) is 23.3 Å². The molecule has 0 fully saturated rings. The number of aromatic nitrogens is 3. The van der Waals surface area contributed by atoms with Crippen molar-refractivity contribution in [1.29, 1.82) is 0 Å². The lowest BCUT2D eigenvalue weighted by molar-refractivity contribution is -0.137. The van der Waals surface area contributed by atoms with Crippen LogP contribution in [0.1, 0.15) is 48.9 Å². The second kappa shape index (κ2) is 9.51. The molecule has 1 aromatic heterocycles. The molecule has 166 valence electrons. The van der Waals surface area contributed by atoms with Crippen LogP contribution in [-0.2, 0) is 9.59 Å². The fourth-order valence-electron chi connectivity index (χ4n) is 3.83. The lowest BCUT2D eigenvalue weighted by Gasteiger charge is -2.31. The van der Waals surface area contributed by atoms with Crippen LogP contribution in [0.3, 0.4) is 0 Å². The number of nitrogens with one attached hydrogen (secondary N) is 2. The van der Waals surface area contributed by atoms with Crippen LogP contribution >= 0.6 is 0 Å². The van der Waals surface area contributed by atoms with Crippen molar-refractivity contribution in [3.8, 4) is 5.75 Å². The summed E-state index contributed by atoms with van der Waals surface area (Å²) in [5.74, 6) is 0.321. The number of carbonyl (C=O) groups is 2. The molecular formula is C23H25N5O4. The van der Waals surface area contributed by atoms with Crippen LogP contribution in [0, 0.1) is 0 Å². The van der Waals surface area contributed by atoms with E-state index in [1.807, 2.05) is 42.5 Å². The Bertz CT molecular complexity index is 1080. The molecule has 1 aliphatic heterocycles. The van der Waals surface area contributed by atoms with Crippen LogP contribution in [-0.4, -0.2) is 38.9 Å². The van der Waals surface area contributed by atoms with Crippen molar-refractivity contribution in [3.05, 3.63) is 65.7 Å². The zero-order chi connectivity index (χ0) is 22.5. The first-order chi connectivity index (χ1) is 15.5. The number of hydrogen-bond acceptors (Lipinski definition) is 6. The maximum atomic E-state index is 12.2. The maximum absolute atomic E-state index is 12.2. The molecule has 3 N–H and O–H groups in total. The van der Waals surface area contributed by atoms with E-state index in [0.29, 0.717) is 5.95 Å². The Kier molecular flexibility index (Phi) is 6.34. The van der Waals surface area contributed by atoms with Crippen molar-refractivity contribution in [3.63, 3.8) is 0 Å². The molecule has 2 atom stereocenters. The number of benzene rings is 2. The van der Waals surface area contributed by atoms with Gasteiger partial charge in [-0.2, -0.15) is 4.98 Å². The predicted molar refractivity (Wildman–Crippen MR) is 119 cm³/mol. The Morgan fingerprint density at radius 2 is 1.88 bits per heavy atom. The van der Waals surface area contributed by atoms with Crippen LogP contribution in [0.25, 0.3) is 0 Å². The highest BCUT2D eigenvalue weighted by atomic mass is 16.5. The molecule has 0 saturated heterocycles. The zero-order valence-corrected chi connectivity index (χ0v) is 17.7. The number of carboxylic acids is 1. The summed E-state index contributed by atoms with van der Waals surface area (Å²) in [4.78, 5) is 27.3. The molecule has 32 heavy (non-hydrogen) atoms. The molecule has 1 amide bonds. The fourth-order valence-corrected chi connectivity index (χ4v) is 3.83. The number of hydrogen-bond donors (Lipinski definition) is 3. The highest BCUT2D eigenvalue weighted by Crippen LogP contribution is 2.38. The first-order valence-electron chi connectivity index (χ1n) is 10.5. The van der Waals surface area contributed by atoms with Gasteiger partial charge in [-0.1, -0.05) is 42.5 Å². The summed E-state index contributed by atoms with van der Waals surface area (Å²) in [5.41, 5.74) is 2.19. The minimum atomic E-state index is -0.923. The van der Waals surface area contributed by atoms with Gasteiger partial charge in [-0.05, 0) is 36.1 Å². The van der Waals surface area contributed by atoms with Gasteiger partial charge >= 0.3 is 5.97 Å². The van der Waals surface area contributed by atoms with Gasteiger partial charge in [0.2, 0.25) is 11.9 Å². The third-order valence-corrected chi connectivity index (χ3v) is 5.44. The van der Waals surface area contributed by atoms with Gasteiger partial charge in [0.05, 0.1) is 19.2 Å². The third kappa shape index (κ3) is 4.88.